The summed E-state index contributed by atoms with van der Waals surface area (Å²) >= 11 is 0. The van der Waals surface area contributed by atoms with Crippen LogP contribution in [-0.2, 0) is 21.4 Å². The van der Waals surface area contributed by atoms with Gasteiger partial charge in [-0.25, -0.2) is 4.39 Å². The summed E-state index contributed by atoms with van der Waals surface area (Å²) in [6.45, 7) is 0. The number of benzene rings is 2. The molecule has 2 aromatic rings. The third kappa shape index (κ3) is 4.54. The van der Waals surface area contributed by atoms with Crippen LogP contribution < -0.4 is 5.32 Å². The first-order chi connectivity index (χ1) is 13.0. The largest absolute Gasteiger partial charge is 0.481 e. The molecule has 3 rings (SSSR count). The molecule has 1 unspecified atom stereocenters. The van der Waals surface area contributed by atoms with E-state index < -0.39 is 11.4 Å². The van der Waals surface area contributed by atoms with E-state index in [0.717, 1.165) is 12.0 Å². The predicted molar refractivity (Wildman–Crippen MR) is 101 cm³/mol. The number of hydrogen-bond donors (Lipinski definition) is 2. The van der Waals surface area contributed by atoms with Crippen LogP contribution in [0.3, 0.4) is 0 Å². The fourth-order valence-electron chi connectivity index (χ4n) is 3.71. The van der Waals surface area contributed by atoms with Gasteiger partial charge in [-0.2, -0.15) is 0 Å². The minimum atomic E-state index is -0.884. The second kappa shape index (κ2) is 8.33. The third-order valence-corrected chi connectivity index (χ3v) is 5.39. The Kier molecular flexibility index (Phi) is 5.89. The zero-order valence-electron chi connectivity index (χ0n) is 15.2. The summed E-state index contributed by atoms with van der Waals surface area (Å²) in [5.74, 6) is -1.37. The van der Waals surface area contributed by atoms with E-state index in [4.69, 9.17) is 5.11 Å². The number of amides is 1. The lowest BCUT2D eigenvalue weighted by Gasteiger charge is -2.41. The van der Waals surface area contributed by atoms with Crippen LogP contribution in [0.1, 0.15) is 43.2 Å². The van der Waals surface area contributed by atoms with Gasteiger partial charge in [0.05, 0.1) is 5.41 Å². The normalized spacial score (nSPS) is 16.2. The molecule has 0 radical (unpaired) electrons. The zero-order valence-corrected chi connectivity index (χ0v) is 15.2. The molecule has 4 nitrogen and oxygen atoms in total. The van der Waals surface area contributed by atoms with Crippen molar-refractivity contribution in [1.29, 1.82) is 0 Å². The molecule has 0 saturated heterocycles. The summed E-state index contributed by atoms with van der Waals surface area (Å²) in [4.78, 5) is 24.1. The number of hydrogen-bond acceptors (Lipinski definition) is 2. The van der Waals surface area contributed by atoms with Crippen LogP contribution in [0.2, 0.25) is 0 Å². The molecule has 0 heterocycles. The summed E-state index contributed by atoms with van der Waals surface area (Å²) in [6.07, 6.45) is 3.19. The highest BCUT2D eigenvalue weighted by Crippen LogP contribution is 2.44. The molecule has 1 fully saturated rings. The standard InChI is InChI=1S/C22H24FNO3/c23-18-9-4-8-17(15-18)22(12-5-13-22)21(27)24-19(10-11-20(25)26)14-16-6-2-1-3-7-16/h1-4,6-9,15,19H,5,10-14H2,(H,24,27)(H,25,26). The van der Waals surface area contributed by atoms with Gasteiger partial charge in [-0.05, 0) is 48.9 Å². The number of carboxylic acid groups (broad SMARTS) is 1. The van der Waals surface area contributed by atoms with Crippen molar-refractivity contribution in [2.75, 3.05) is 0 Å². The molecule has 1 aliphatic rings. The maximum atomic E-state index is 13.7. The van der Waals surface area contributed by atoms with E-state index in [1.54, 1.807) is 12.1 Å². The Morgan fingerprint density at radius 2 is 1.85 bits per heavy atom. The number of nitrogens with one attached hydrogen (secondary N) is 1. The molecule has 1 amide bonds. The van der Waals surface area contributed by atoms with E-state index in [2.05, 4.69) is 5.32 Å². The average Bonchev–Trinajstić information content (AvgIpc) is 2.60. The van der Waals surface area contributed by atoms with Crippen LogP contribution in [0.5, 0.6) is 0 Å². The molecule has 1 aliphatic carbocycles. The molecule has 2 aromatic carbocycles. The minimum Gasteiger partial charge on any atom is -0.481 e. The van der Waals surface area contributed by atoms with Gasteiger partial charge in [0.15, 0.2) is 0 Å². The molecule has 0 aliphatic heterocycles. The fourth-order valence-corrected chi connectivity index (χ4v) is 3.71. The summed E-state index contributed by atoms with van der Waals surface area (Å²) in [5.41, 5.74) is 1.03. The molecule has 27 heavy (non-hydrogen) atoms. The van der Waals surface area contributed by atoms with Crippen LogP contribution in [0.4, 0.5) is 4.39 Å². The smallest absolute Gasteiger partial charge is 0.303 e. The van der Waals surface area contributed by atoms with Gasteiger partial charge in [-0.1, -0.05) is 48.9 Å². The Hall–Kier alpha value is -2.69. The van der Waals surface area contributed by atoms with Crippen molar-refractivity contribution >= 4 is 11.9 Å². The molecular formula is C22H24FNO3. The molecule has 142 valence electrons. The first-order valence-corrected chi connectivity index (χ1v) is 9.32. The topological polar surface area (TPSA) is 66.4 Å². The monoisotopic (exact) mass is 369 g/mol. The molecule has 0 aromatic heterocycles. The van der Waals surface area contributed by atoms with Crippen molar-refractivity contribution in [3.63, 3.8) is 0 Å². The molecular weight excluding hydrogens is 345 g/mol. The number of halogens is 1. The highest BCUT2D eigenvalue weighted by atomic mass is 19.1. The Labute approximate surface area is 158 Å². The second-order valence-electron chi connectivity index (χ2n) is 7.24. The van der Waals surface area contributed by atoms with Gasteiger partial charge in [0, 0.05) is 12.5 Å². The van der Waals surface area contributed by atoms with Gasteiger partial charge in [-0.3, -0.25) is 9.59 Å². The number of aliphatic carboxylic acids is 1. The lowest BCUT2D eigenvalue weighted by atomic mass is 9.63. The lowest BCUT2D eigenvalue weighted by molar-refractivity contribution is -0.138. The Balaban J connectivity index is 1.76. The highest BCUT2D eigenvalue weighted by molar-refractivity contribution is 5.89. The van der Waals surface area contributed by atoms with Crippen molar-refractivity contribution in [1.82, 2.24) is 5.32 Å². The molecule has 1 atom stereocenters. The molecule has 0 bridgehead atoms. The maximum Gasteiger partial charge on any atom is 0.303 e. The van der Waals surface area contributed by atoms with E-state index in [0.29, 0.717) is 31.2 Å². The van der Waals surface area contributed by atoms with Crippen molar-refractivity contribution in [3.8, 4) is 0 Å². The number of rotatable bonds is 8. The van der Waals surface area contributed by atoms with Gasteiger partial charge in [0.1, 0.15) is 5.82 Å². The summed E-state index contributed by atoms with van der Waals surface area (Å²) in [5, 5.41) is 12.1. The van der Waals surface area contributed by atoms with E-state index in [1.807, 2.05) is 30.3 Å². The highest BCUT2D eigenvalue weighted by Gasteiger charge is 2.46. The van der Waals surface area contributed by atoms with Gasteiger partial charge in [0.25, 0.3) is 0 Å². The van der Waals surface area contributed by atoms with Crippen LogP contribution in [-0.4, -0.2) is 23.0 Å². The predicted octanol–water partition coefficient (Wildman–Crippen LogP) is 3.84. The van der Waals surface area contributed by atoms with Crippen LogP contribution >= 0.6 is 0 Å². The number of carbonyl (C=O) groups excluding carboxylic acids is 1. The number of carbonyl (C=O) groups is 2. The van der Waals surface area contributed by atoms with Crippen LogP contribution in [0.15, 0.2) is 54.6 Å². The Morgan fingerprint density at radius 3 is 2.44 bits per heavy atom. The van der Waals surface area contributed by atoms with Gasteiger partial charge in [-0.15, -0.1) is 0 Å². The Morgan fingerprint density at radius 1 is 1.11 bits per heavy atom. The molecule has 5 heteroatoms. The van der Waals surface area contributed by atoms with E-state index in [9.17, 15) is 14.0 Å². The zero-order chi connectivity index (χ0) is 19.3. The van der Waals surface area contributed by atoms with Gasteiger partial charge >= 0.3 is 5.97 Å². The van der Waals surface area contributed by atoms with Gasteiger partial charge < -0.3 is 10.4 Å². The van der Waals surface area contributed by atoms with Crippen molar-refractivity contribution < 1.29 is 19.1 Å². The Bertz CT molecular complexity index is 802. The van der Waals surface area contributed by atoms with Crippen molar-refractivity contribution in [2.24, 2.45) is 0 Å². The van der Waals surface area contributed by atoms with E-state index in [-0.39, 0.29) is 24.2 Å². The fraction of sp³-hybridized carbons (Fsp3) is 0.364. The SMILES string of the molecule is O=C(O)CCC(Cc1ccccc1)NC(=O)C1(c2cccc(F)c2)CCC1. The summed E-state index contributed by atoms with van der Waals surface area (Å²) < 4.78 is 13.7. The molecule has 2 N–H and O–H groups in total. The van der Waals surface area contributed by atoms with Crippen LogP contribution in [0, 0.1) is 5.82 Å². The van der Waals surface area contributed by atoms with Crippen molar-refractivity contribution in [2.45, 2.75) is 50.0 Å². The second-order valence-corrected chi connectivity index (χ2v) is 7.24. The summed E-state index contributed by atoms with van der Waals surface area (Å²) in [7, 11) is 0. The van der Waals surface area contributed by atoms with E-state index >= 15 is 0 Å². The van der Waals surface area contributed by atoms with Crippen molar-refractivity contribution in [3.05, 3.63) is 71.5 Å². The first kappa shape index (κ1) is 19.1. The number of carboxylic acids is 1. The molecule has 0 spiro atoms. The average molecular weight is 369 g/mol. The first-order valence-electron chi connectivity index (χ1n) is 9.32. The van der Waals surface area contributed by atoms with Crippen LogP contribution in [0.25, 0.3) is 0 Å². The van der Waals surface area contributed by atoms with Gasteiger partial charge in [0.2, 0.25) is 5.91 Å². The third-order valence-electron chi connectivity index (χ3n) is 5.39. The quantitative estimate of drug-likeness (QED) is 0.743. The molecule has 1 saturated carbocycles. The van der Waals surface area contributed by atoms with E-state index in [1.165, 1.54) is 12.1 Å². The summed E-state index contributed by atoms with van der Waals surface area (Å²) in [6, 6.07) is 15.6. The maximum absolute atomic E-state index is 13.7. The lowest BCUT2D eigenvalue weighted by Crippen LogP contribution is -2.52. The minimum absolute atomic E-state index is 0.00918.